The third-order valence-electron chi connectivity index (χ3n) is 5.99. The number of para-hydroxylation sites is 1. The predicted octanol–water partition coefficient (Wildman–Crippen LogP) is 4.43. The number of methoxy groups -OCH3 is 1. The fraction of sp³-hybridized carbons (Fsp3) is 0.310. The topological polar surface area (TPSA) is 89.4 Å². The van der Waals surface area contributed by atoms with Gasteiger partial charge in [0.1, 0.15) is 23.9 Å². The summed E-state index contributed by atoms with van der Waals surface area (Å²) in [6.45, 7) is 7.97. The number of amides is 2. The number of aryl methyl sites for hydroxylation is 1. The Balaban J connectivity index is 1.76. The highest BCUT2D eigenvalue weighted by Gasteiger charge is 2.33. The lowest BCUT2D eigenvalue weighted by Gasteiger charge is -2.34. The highest BCUT2D eigenvalue weighted by molar-refractivity contribution is 5.89. The zero-order valence-electron chi connectivity index (χ0n) is 21.9. The van der Waals surface area contributed by atoms with Crippen molar-refractivity contribution in [2.75, 3.05) is 7.11 Å². The van der Waals surface area contributed by atoms with Gasteiger partial charge in [0.05, 0.1) is 12.6 Å². The van der Waals surface area contributed by atoms with E-state index in [-0.39, 0.29) is 24.9 Å². The Labute approximate surface area is 217 Å². The quantitative estimate of drug-likeness (QED) is 0.387. The Kier molecular flexibility index (Phi) is 7.57. The largest absolute Gasteiger partial charge is 0.497 e. The summed E-state index contributed by atoms with van der Waals surface area (Å²) < 4.78 is 6.89. The second-order valence-corrected chi connectivity index (χ2v) is 10.2. The third kappa shape index (κ3) is 6.33. The van der Waals surface area contributed by atoms with Crippen LogP contribution in [0.4, 0.5) is 0 Å². The van der Waals surface area contributed by atoms with Crippen LogP contribution in [0.5, 0.6) is 5.75 Å². The van der Waals surface area contributed by atoms with E-state index in [4.69, 9.17) is 4.74 Å². The van der Waals surface area contributed by atoms with Crippen molar-refractivity contribution in [3.8, 4) is 5.75 Å². The fourth-order valence-electron chi connectivity index (χ4n) is 4.16. The van der Waals surface area contributed by atoms with E-state index < -0.39 is 11.6 Å². The molecule has 0 saturated carbocycles. The SMILES string of the molecule is COc1ccc(C(C(=O)NC(C)(C)C)N(Cc2ccc(C)cc2)C(=O)Cn2nnc3ccccc32)cc1. The molecule has 0 bridgehead atoms. The molecule has 1 heterocycles. The smallest absolute Gasteiger partial charge is 0.247 e. The van der Waals surface area contributed by atoms with Gasteiger partial charge in [0.2, 0.25) is 11.8 Å². The third-order valence-corrected chi connectivity index (χ3v) is 5.99. The number of benzene rings is 3. The molecule has 8 heteroatoms. The van der Waals surface area contributed by atoms with Crippen molar-refractivity contribution in [2.45, 2.75) is 52.4 Å². The Hall–Kier alpha value is -4.20. The highest BCUT2D eigenvalue weighted by atomic mass is 16.5. The maximum Gasteiger partial charge on any atom is 0.247 e. The van der Waals surface area contributed by atoms with Crippen LogP contribution in [0.1, 0.15) is 43.5 Å². The summed E-state index contributed by atoms with van der Waals surface area (Å²) in [6.07, 6.45) is 0. The molecular formula is C29H33N5O3. The van der Waals surface area contributed by atoms with Gasteiger partial charge in [-0.05, 0) is 63.1 Å². The molecule has 0 aliphatic carbocycles. The molecular weight excluding hydrogens is 466 g/mol. The monoisotopic (exact) mass is 499 g/mol. The van der Waals surface area contributed by atoms with Gasteiger partial charge in [-0.15, -0.1) is 5.10 Å². The molecule has 3 aromatic carbocycles. The minimum absolute atomic E-state index is 0.0537. The van der Waals surface area contributed by atoms with Crippen molar-refractivity contribution in [2.24, 2.45) is 0 Å². The minimum Gasteiger partial charge on any atom is -0.497 e. The second-order valence-electron chi connectivity index (χ2n) is 10.2. The van der Waals surface area contributed by atoms with Crippen molar-refractivity contribution >= 4 is 22.8 Å². The van der Waals surface area contributed by atoms with Gasteiger partial charge in [0.25, 0.3) is 0 Å². The molecule has 0 radical (unpaired) electrons. The van der Waals surface area contributed by atoms with Crippen molar-refractivity contribution in [1.29, 1.82) is 0 Å². The molecule has 1 N–H and O–H groups in total. The molecule has 1 unspecified atom stereocenters. The van der Waals surface area contributed by atoms with Gasteiger partial charge >= 0.3 is 0 Å². The first kappa shape index (κ1) is 25.9. The number of ether oxygens (including phenoxy) is 1. The number of hydrogen-bond donors (Lipinski definition) is 1. The molecule has 0 spiro atoms. The van der Waals surface area contributed by atoms with Crippen LogP contribution in [-0.4, -0.2) is 44.4 Å². The minimum atomic E-state index is -0.867. The lowest BCUT2D eigenvalue weighted by Crippen LogP contribution is -2.49. The number of carbonyl (C=O) groups excluding carboxylic acids is 2. The lowest BCUT2D eigenvalue weighted by atomic mass is 10.0. The van der Waals surface area contributed by atoms with Crippen LogP contribution in [0.3, 0.4) is 0 Å². The molecule has 0 fully saturated rings. The van der Waals surface area contributed by atoms with Gasteiger partial charge in [-0.25, -0.2) is 4.68 Å². The molecule has 37 heavy (non-hydrogen) atoms. The summed E-state index contributed by atoms with van der Waals surface area (Å²) >= 11 is 0. The summed E-state index contributed by atoms with van der Waals surface area (Å²) in [5.74, 6) is 0.159. The van der Waals surface area contributed by atoms with Crippen molar-refractivity contribution < 1.29 is 14.3 Å². The second kappa shape index (κ2) is 10.8. The van der Waals surface area contributed by atoms with Crippen LogP contribution in [-0.2, 0) is 22.7 Å². The van der Waals surface area contributed by atoms with E-state index in [1.54, 1.807) is 28.8 Å². The van der Waals surface area contributed by atoms with E-state index in [1.807, 2.05) is 88.4 Å². The first-order valence-corrected chi connectivity index (χ1v) is 12.2. The molecule has 192 valence electrons. The summed E-state index contributed by atoms with van der Waals surface area (Å²) in [4.78, 5) is 29.3. The Morgan fingerprint density at radius 1 is 1.00 bits per heavy atom. The van der Waals surface area contributed by atoms with E-state index >= 15 is 0 Å². The van der Waals surface area contributed by atoms with Crippen LogP contribution in [0.2, 0.25) is 0 Å². The summed E-state index contributed by atoms with van der Waals surface area (Å²) in [5, 5.41) is 11.4. The molecule has 1 aromatic heterocycles. The van der Waals surface area contributed by atoms with Gasteiger partial charge in [0, 0.05) is 12.1 Å². The van der Waals surface area contributed by atoms with Gasteiger partial charge in [-0.2, -0.15) is 0 Å². The normalized spacial score (nSPS) is 12.2. The highest BCUT2D eigenvalue weighted by Crippen LogP contribution is 2.27. The van der Waals surface area contributed by atoms with Gasteiger partial charge in [-0.1, -0.05) is 59.3 Å². The zero-order valence-corrected chi connectivity index (χ0v) is 21.9. The van der Waals surface area contributed by atoms with E-state index in [2.05, 4.69) is 15.6 Å². The van der Waals surface area contributed by atoms with E-state index in [1.165, 1.54) is 0 Å². The molecule has 2 amide bonds. The molecule has 8 nitrogen and oxygen atoms in total. The van der Waals surface area contributed by atoms with Gasteiger partial charge < -0.3 is 15.0 Å². The van der Waals surface area contributed by atoms with Crippen molar-refractivity contribution in [3.63, 3.8) is 0 Å². The number of aromatic nitrogens is 3. The van der Waals surface area contributed by atoms with E-state index in [0.717, 1.165) is 16.6 Å². The Morgan fingerprint density at radius 2 is 1.68 bits per heavy atom. The number of nitrogens with one attached hydrogen (secondary N) is 1. The van der Waals surface area contributed by atoms with Crippen LogP contribution in [0.15, 0.2) is 72.8 Å². The summed E-state index contributed by atoms with van der Waals surface area (Å²) in [5.41, 5.74) is 3.70. The standard InChI is InChI=1S/C29H33N5O3/c1-20-10-12-21(13-11-20)18-33(26(35)19-34-25-9-7-6-8-24(25)31-32-34)27(28(36)30-29(2,3)4)22-14-16-23(37-5)17-15-22/h6-17,27H,18-19H2,1-5H3,(H,30,36). The Morgan fingerprint density at radius 3 is 2.32 bits per heavy atom. The molecule has 4 rings (SSSR count). The number of rotatable bonds is 8. The van der Waals surface area contributed by atoms with Crippen LogP contribution in [0.25, 0.3) is 11.0 Å². The summed E-state index contributed by atoms with van der Waals surface area (Å²) in [6, 6.07) is 21.8. The van der Waals surface area contributed by atoms with Crippen molar-refractivity contribution in [1.82, 2.24) is 25.2 Å². The average Bonchev–Trinajstić information content (AvgIpc) is 3.27. The molecule has 0 saturated heterocycles. The van der Waals surface area contributed by atoms with Gasteiger partial charge in [0.15, 0.2) is 0 Å². The molecule has 0 aliphatic heterocycles. The number of fused-ring (bicyclic) bond motifs is 1. The van der Waals surface area contributed by atoms with Crippen molar-refractivity contribution in [3.05, 3.63) is 89.5 Å². The van der Waals surface area contributed by atoms with Crippen LogP contribution in [0, 0.1) is 6.92 Å². The fourth-order valence-corrected chi connectivity index (χ4v) is 4.16. The predicted molar refractivity (Wildman–Crippen MR) is 143 cm³/mol. The van der Waals surface area contributed by atoms with E-state index in [0.29, 0.717) is 16.8 Å². The Bertz CT molecular complexity index is 1370. The zero-order chi connectivity index (χ0) is 26.6. The molecule has 4 aromatic rings. The van der Waals surface area contributed by atoms with E-state index in [9.17, 15) is 9.59 Å². The molecule has 1 atom stereocenters. The van der Waals surface area contributed by atoms with Crippen LogP contribution < -0.4 is 10.1 Å². The maximum absolute atomic E-state index is 14.0. The first-order chi connectivity index (χ1) is 17.6. The maximum atomic E-state index is 14.0. The number of nitrogens with zero attached hydrogens (tertiary/aromatic N) is 4. The number of carbonyl (C=O) groups is 2. The lowest BCUT2D eigenvalue weighted by molar-refractivity contribution is -0.142. The summed E-state index contributed by atoms with van der Waals surface area (Å²) in [7, 11) is 1.59. The first-order valence-electron chi connectivity index (χ1n) is 12.2. The molecule has 0 aliphatic rings. The average molecular weight is 500 g/mol. The number of hydrogen-bond acceptors (Lipinski definition) is 5. The van der Waals surface area contributed by atoms with Gasteiger partial charge in [-0.3, -0.25) is 9.59 Å². The van der Waals surface area contributed by atoms with Crippen LogP contribution >= 0.6 is 0 Å².